The van der Waals surface area contributed by atoms with E-state index in [9.17, 15) is 0 Å². The Bertz CT molecular complexity index is 248. The molecule has 0 aliphatic heterocycles. The molecule has 1 aromatic heterocycles. The van der Waals surface area contributed by atoms with Gasteiger partial charge in [0.25, 0.3) is 0 Å². The van der Waals surface area contributed by atoms with Gasteiger partial charge in [0.15, 0.2) is 0 Å². The molecule has 1 heterocycles. The van der Waals surface area contributed by atoms with Crippen molar-refractivity contribution in [1.29, 1.82) is 0 Å². The molecule has 1 aliphatic rings. The van der Waals surface area contributed by atoms with E-state index in [1.165, 1.54) is 12.8 Å². The van der Waals surface area contributed by atoms with Crippen LogP contribution in [0.1, 0.15) is 26.7 Å². The van der Waals surface area contributed by atoms with Crippen molar-refractivity contribution >= 4 is 12.4 Å². The maximum absolute atomic E-state index is 3.95. The van der Waals surface area contributed by atoms with Crippen LogP contribution in [-0.2, 0) is 6.54 Å². The quantitative estimate of drug-likeness (QED) is 0.734. The minimum Gasteiger partial charge on any atom is -0.252 e. The van der Waals surface area contributed by atoms with Crippen molar-refractivity contribution in [2.45, 2.75) is 33.2 Å². The molecule has 74 valence electrons. The Morgan fingerprint density at radius 1 is 1.46 bits per heavy atom. The molecule has 0 amide bonds. The van der Waals surface area contributed by atoms with E-state index in [2.05, 4.69) is 24.2 Å². The Morgan fingerprint density at radius 3 is 2.62 bits per heavy atom. The van der Waals surface area contributed by atoms with Gasteiger partial charge >= 0.3 is 0 Å². The lowest BCUT2D eigenvalue weighted by Gasteiger charge is -2.42. The second-order valence-electron chi connectivity index (χ2n) is 4.56. The van der Waals surface area contributed by atoms with Crippen molar-refractivity contribution in [3.05, 3.63) is 12.4 Å². The van der Waals surface area contributed by atoms with E-state index in [1.807, 2.05) is 10.9 Å². The van der Waals surface area contributed by atoms with Gasteiger partial charge in [-0.15, -0.1) is 17.5 Å². The van der Waals surface area contributed by atoms with Crippen LogP contribution in [0.25, 0.3) is 0 Å². The number of hydrogen-bond acceptors (Lipinski definition) is 2. The third-order valence-corrected chi connectivity index (χ3v) is 2.60. The Balaban J connectivity index is 0.000000845. The van der Waals surface area contributed by atoms with E-state index in [4.69, 9.17) is 0 Å². The van der Waals surface area contributed by atoms with Gasteiger partial charge in [-0.2, -0.15) is 0 Å². The lowest BCUT2D eigenvalue weighted by molar-refractivity contribution is 0.0795. The van der Waals surface area contributed by atoms with Crippen LogP contribution < -0.4 is 0 Å². The van der Waals surface area contributed by atoms with Crippen LogP contribution in [-0.4, -0.2) is 15.0 Å². The minimum absolute atomic E-state index is 0. The van der Waals surface area contributed by atoms with Gasteiger partial charge in [-0.1, -0.05) is 19.1 Å². The lowest BCUT2D eigenvalue weighted by Crippen LogP contribution is -2.34. The number of halogens is 1. The third-order valence-electron chi connectivity index (χ3n) is 2.60. The van der Waals surface area contributed by atoms with Crippen LogP contribution in [0.15, 0.2) is 12.4 Å². The molecule has 1 aromatic rings. The van der Waals surface area contributed by atoms with Gasteiger partial charge in [0.2, 0.25) is 0 Å². The van der Waals surface area contributed by atoms with Gasteiger partial charge in [-0.3, -0.25) is 4.68 Å². The molecule has 3 nitrogen and oxygen atoms in total. The second kappa shape index (κ2) is 3.66. The normalized spacial score (nSPS) is 20.5. The summed E-state index contributed by atoms with van der Waals surface area (Å²) in [5.41, 5.74) is 0.575. The molecule has 0 unspecified atom stereocenters. The molecular weight excluding hydrogens is 186 g/mol. The molecule has 0 atom stereocenters. The monoisotopic (exact) mass is 201 g/mol. The molecule has 1 saturated carbocycles. The van der Waals surface area contributed by atoms with Crippen LogP contribution in [0.5, 0.6) is 0 Å². The van der Waals surface area contributed by atoms with Crippen LogP contribution in [0.3, 0.4) is 0 Å². The number of nitrogens with zero attached hydrogens (tertiary/aromatic N) is 3. The molecule has 0 N–H and O–H groups in total. The smallest absolute Gasteiger partial charge is 0.0692 e. The minimum atomic E-state index is 0. The number of aromatic nitrogens is 3. The van der Waals surface area contributed by atoms with Crippen LogP contribution in [0, 0.1) is 11.3 Å². The van der Waals surface area contributed by atoms with E-state index in [0.717, 1.165) is 12.5 Å². The van der Waals surface area contributed by atoms with Crippen molar-refractivity contribution in [2.24, 2.45) is 11.3 Å². The molecule has 0 aromatic carbocycles. The first kappa shape index (κ1) is 10.5. The molecule has 1 fully saturated rings. The Kier molecular flexibility index (Phi) is 2.96. The first-order valence-corrected chi connectivity index (χ1v) is 4.50. The lowest BCUT2D eigenvalue weighted by atomic mass is 9.64. The third kappa shape index (κ3) is 2.44. The summed E-state index contributed by atoms with van der Waals surface area (Å²) in [6.07, 6.45) is 6.33. The fourth-order valence-electron chi connectivity index (χ4n) is 2.23. The summed E-state index contributed by atoms with van der Waals surface area (Å²) in [6.45, 7) is 5.69. The van der Waals surface area contributed by atoms with Crippen LogP contribution >= 0.6 is 12.4 Å². The molecule has 13 heavy (non-hydrogen) atoms. The SMILES string of the molecule is CC1(C)CC(Cn2ccnn2)C1.Cl. The van der Waals surface area contributed by atoms with E-state index < -0.39 is 0 Å². The van der Waals surface area contributed by atoms with E-state index in [1.54, 1.807) is 6.20 Å². The fraction of sp³-hybridized carbons (Fsp3) is 0.778. The first-order valence-electron chi connectivity index (χ1n) is 4.50. The molecule has 1 aliphatic carbocycles. The molecular formula is C9H16ClN3. The van der Waals surface area contributed by atoms with E-state index in [-0.39, 0.29) is 12.4 Å². The molecule has 0 bridgehead atoms. The van der Waals surface area contributed by atoms with E-state index >= 15 is 0 Å². The zero-order valence-corrected chi connectivity index (χ0v) is 8.92. The molecule has 0 spiro atoms. The highest BCUT2D eigenvalue weighted by Gasteiger charge is 2.35. The van der Waals surface area contributed by atoms with Gasteiger partial charge in [0.05, 0.1) is 6.20 Å². The van der Waals surface area contributed by atoms with Gasteiger partial charge in [0, 0.05) is 12.7 Å². The van der Waals surface area contributed by atoms with Gasteiger partial charge in [0.1, 0.15) is 0 Å². The van der Waals surface area contributed by atoms with Gasteiger partial charge < -0.3 is 0 Å². The molecule has 0 radical (unpaired) electrons. The van der Waals surface area contributed by atoms with Gasteiger partial charge in [-0.25, -0.2) is 0 Å². The summed E-state index contributed by atoms with van der Waals surface area (Å²) < 4.78 is 1.93. The Morgan fingerprint density at radius 2 is 2.15 bits per heavy atom. The van der Waals surface area contributed by atoms with Crippen molar-refractivity contribution < 1.29 is 0 Å². The summed E-state index contributed by atoms with van der Waals surface area (Å²) in [4.78, 5) is 0. The zero-order chi connectivity index (χ0) is 8.60. The number of rotatable bonds is 2. The highest BCUT2D eigenvalue weighted by atomic mass is 35.5. The standard InChI is InChI=1S/C9H15N3.ClH/c1-9(2)5-8(6-9)7-12-4-3-10-11-12;/h3-4,8H,5-7H2,1-2H3;1H. The first-order chi connectivity index (χ1) is 5.66. The Hall–Kier alpha value is -0.570. The highest BCUT2D eigenvalue weighted by Crippen LogP contribution is 2.45. The largest absolute Gasteiger partial charge is 0.252 e. The van der Waals surface area contributed by atoms with Crippen molar-refractivity contribution in [3.8, 4) is 0 Å². The average molecular weight is 202 g/mol. The topological polar surface area (TPSA) is 30.7 Å². The van der Waals surface area contributed by atoms with Crippen molar-refractivity contribution in [3.63, 3.8) is 0 Å². The Labute approximate surface area is 84.9 Å². The predicted molar refractivity (Wildman–Crippen MR) is 53.8 cm³/mol. The summed E-state index contributed by atoms with van der Waals surface area (Å²) in [7, 11) is 0. The second-order valence-corrected chi connectivity index (χ2v) is 4.56. The predicted octanol–water partition coefficient (Wildman–Crippen LogP) is 2.14. The number of hydrogen-bond donors (Lipinski definition) is 0. The molecule has 4 heteroatoms. The van der Waals surface area contributed by atoms with Crippen LogP contribution in [0.2, 0.25) is 0 Å². The molecule has 0 saturated heterocycles. The summed E-state index contributed by atoms with van der Waals surface area (Å²) in [5.74, 6) is 0.821. The fourth-order valence-corrected chi connectivity index (χ4v) is 2.23. The highest BCUT2D eigenvalue weighted by molar-refractivity contribution is 5.85. The summed E-state index contributed by atoms with van der Waals surface area (Å²) >= 11 is 0. The zero-order valence-electron chi connectivity index (χ0n) is 8.10. The van der Waals surface area contributed by atoms with Crippen LogP contribution in [0.4, 0.5) is 0 Å². The summed E-state index contributed by atoms with van der Waals surface area (Å²) in [6, 6.07) is 0. The average Bonchev–Trinajstić information content (AvgIpc) is 2.35. The summed E-state index contributed by atoms with van der Waals surface area (Å²) in [5, 5.41) is 7.74. The van der Waals surface area contributed by atoms with E-state index in [0.29, 0.717) is 5.41 Å². The van der Waals surface area contributed by atoms with Gasteiger partial charge in [-0.05, 0) is 24.2 Å². The molecule has 2 rings (SSSR count). The van der Waals surface area contributed by atoms with Crippen molar-refractivity contribution in [1.82, 2.24) is 15.0 Å². The maximum Gasteiger partial charge on any atom is 0.0692 e. The maximum atomic E-state index is 3.95. The van der Waals surface area contributed by atoms with Crippen molar-refractivity contribution in [2.75, 3.05) is 0 Å².